The van der Waals surface area contributed by atoms with Crippen LogP contribution in [0.5, 0.6) is 0 Å². The van der Waals surface area contributed by atoms with Crippen molar-refractivity contribution in [2.24, 2.45) is 0 Å². The second kappa shape index (κ2) is 9.89. The minimum Gasteiger partial charge on any atom is -0.329 e. The van der Waals surface area contributed by atoms with Gasteiger partial charge in [-0.3, -0.25) is 4.79 Å². The Morgan fingerprint density at radius 2 is 2.17 bits per heavy atom. The van der Waals surface area contributed by atoms with Crippen LogP contribution in [0, 0.1) is 6.92 Å². The lowest BCUT2D eigenvalue weighted by Crippen LogP contribution is -2.38. The van der Waals surface area contributed by atoms with Crippen LogP contribution in [0.1, 0.15) is 48.8 Å². The van der Waals surface area contributed by atoms with Crippen molar-refractivity contribution in [1.29, 1.82) is 0 Å². The van der Waals surface area contributed by atoms with Gasteiger partial charge < -0.3 is 15.1 Å². The third kappa shape index (κ3) is 5.80. The fourth-order valence-electron chi connectivity index (χ4n) is 3.28. The molecule has 1 atom stereocenters. The number of rotatable bonds is 7. The Bertz CT molecular complexity index is 864. The molecule has 1 fully saturated rings. The molecule has 0 saturated carbocycles. The highest BCUT2D eigenvalue weighted by atomic mass is 32.1. The van der Waals surface area contributed by atoms with Gasteiger partial charge in [0.1, 0.15) is 10.8 Å². The summed E-state index contributed by atoms with van der Waals surface area (Å²) < 4.78 is 0. The van der Waals surface area contributed by atoms with Crippen LogP contribution in [-0.2, 0) is 11.2 Å². The smallest absolute Gasteiger partial charge is 0.246 e. The predicted octanol–water partition coefficient (Wildman–Crippen LogP) is 3.11. The van der Waals surface area contributed by atoms with Gasteiger partial charge >= 0.3 is 0 Å². The summed E-state index contributed by atoms with van der Waals surface area (Å²) in [4.78, 5) is 26.1. The van der Waals surface area contributed by atoms with Crippen molar-refractivity contribution in [3.63, 3.8) is 0 Å². The molecule has 1 amide bonds. The Labute approximate surface area is 176 Å². The van der Waals surface area contributed by atoms with Gasteiger partial charge in [0.2, 0.25) is 11.0 Å². The van der Waals surface area contributed by atoms with E-state index in [9.17, 15) is 4.79 Å². The van der Waals surface area contributed by atoms with Crippen LogP contribution in [0.2, 0.25) is 0 Å². The van der Waals surface area contributed by atoms with Crippen LogP contribution < -0.4 is 5.32 Å². The zero-order chi connectivity index (χ0) is 20.8. The maximum Gasteiger partial charge on any atom is 0.246 e. The van der Waals surface area contributed by atoms with Gasteiger partial charge in [0.15, 0.2) is 5.82 Å². The lowest BCUT2D eigenvalue weighted by molar-refractivity contribution is -0.129. The Kier molecular flexibility index (Phi) is 7.27. The Balaban J connectivity index is 1.80. The molecule has 0 aliphatic carbocycles. The van der Waals surface area contributed by atoms with Crippen LogP contribution in [0.3, 0.4) is 0 Å². The monoisotopic (exact) mass is 415 g/mol. The number of piperidine rings is 1. The molecule has 0 aromatic carbocycles. The molecule has 0 spiro atoms. The summed E-state index contributed by atoms with van der Waals surface area (Å²) in [5.41, 5.74) is 0.860. The largest absolute Gasteiger partial charge is 0.329 e. The summed E-state index contributed by atoms with van der Waals surface area (Å²) in [6.07, 6.45) is 7.36. The molecule has 2 aromatic heterocycles. The molecule has 0 bridgehead atoms. The van der Waals surface area contributed by atoms with Crippen LogP contribution in [0.4, 0.5) is 10.9 Å². The quantitative estimate of drug-likeness (QED) is 0.695. The molecule has 29 heavy (non-hydrogen) atoms. The van der Waals surface area contributed by atoms with Gasteiger partial charge in [-0.25, -0.2) is 9.97 Å². The van der Waals surface area contributed by atoms with Crippen molar-refractivity contribution >= 4 is 28.2 Å². The van der Waals surface area contributed by atoms with E-state index in [0.717, 1.165) is 49.5 Å². The molecule has 156 valence electrons. The van der Waals surface area contributed by atoms with Gasteiger partial charge in [-0.15, -0.1) is 10.2 Å². The van der Waals surface area contributed by atoms with E-state index in [2.05, 4.69) is 27.4 Å². The Morgan fingerprint density at radius 1 is 1.34 bits per heavy atom. The summed E-state index contributed by atoms with van der Waals surface area (Å²) in [6, 6.07) is 1.78. The third-order valence-corrected chi connectivity index (χ3v) is 5.67. The number of likely N-dealkylation sites (tertiary alicyclic amines) is 1. The standard InChI is InChI=1S/C20H29N7OS/c1-5-17-24-25-20(29-17)23-16-13-14(2)21-19(22-16)15-9-6-7-12-27(15)18(28)10-8-11-26(3)4/h8,10,13,15H,5-7,9,11-12H2,1-4H3,(H,21,22,23,25)/b10-8+. The number of nitrogens with zero attached hydrogens (tertiary/aromatic N) is 6. The molecular weight excluding hydrogens is 386 g/mol. The van der Waals surface area contributed by atoms with E-state index in [1.54, 1.807) is 6.08 Å². The van der Waals surface area contributed by atoms with Gasteiger partial charge in [-0.05, 0) is 46.7 Å². The van der Waals surface area contributed by atoms with E-state index in [1.807, 2.05) is 43.0 Å². The van der Waals surface area contributed by atoms with E-state index in [-0.39, 0.29) is 11.9 Å². The normalized spacial score (nSPS) is 17.3. The van der Waals surface area contributed by atoms with Gasteiger partial charge in [0.25, 0.3) is 0 Å². The van der Waals surface area contributed by atoms with E-state index in [1.165, 1.54) is 11.3 Å². The molecule has 1 aliphatic rings. The van der Waals surface area contributed by atoms with Crippen LogP contribution in [0.25, 0.3) is 0 Å². The minimum atomic E-state index is -0.110. The first-order valence-corrected chi connectivity index (χ1v) is 10.8. The van der Waals surface area contributed by atoms with Crippen molar-refractivity contribution in [3.8, 4) is 0 Å². The molecule has 1 saturated heterocycles. The maximum atomic E-state index is 12.8. The molecular formula is C20H29N7OS. The SMILES string of the molecule is CCc1nnc(Nc2cc(C)nc(C3CCCCN3C(=O)/C=C/CN(C)C)n2)s1. The predicted molar refractivity (Wildman–Crippen MR) is 115 cm³/mol. The third-order valence-electron chi connectivity index (χ3n) is 4.69. The van der Waals surface area contributed by atoms with E-state index < -0.39 is 0 Å². The number of amides is 1. The molecule has 2 aromatic rings. The van der Waals surface area contributed by atoms with Crippen LogP contribution >= 0.6 is 11.3 Å². The Hall–Kier alpha value is -2.39. The number of likely N-dealkylation sites (N-methyl/N-ethyl adjacent to an activating group) is 1. The molecule has 3 rings (SSSR count). The fourth-order valence-corrected chi connectivity index (χ4v) is 3.97. The van der Waals surface area contributed by atoms with E-state index >= 15 is 0 Å². The number of hydrogen-bond donors (Lipinski definition) is 1. The molecule has 3 heterocycles. The molecule has 1 aliphatic heterocycles. The van der Waals surface area contributed by atoms with Crippen molar-refractivity contribution in [2.45, 2.75) is 45.6 Å². The van der Waals surface area contributed by atoms with Gasteiger partial charge in [0, 0.05) is 30.9 Å². The van der Waals surface area contributed by atoms with Crippen LogP contribution in [0.15, 0.2) is 18.2 Å². The first-order valence-electron chi connectivity index (χ1n) is 10.0. The molecule has 0 radical (unpaired) electrons. The van der Waals surface area contributed by atoms with Crippen molar-refractivity contribution < 1.29 is 4.79 Å². The second-order valence-electron chi connectivity index (χ2n) is 7.44. The lowest BCUT2D eigenvalue weighted by Gasteiger charge is -2.34. The number of nitrogens with one attached hydrogen (secondary N) is 1. The van der Waals surface area contributed by atoms with Crippen molar-refractivity contribution in [1.82, 2.24) is 30.0 Å². The van der Waals surface area contributed by atoms with Crippen molar-refractivity contribution in [2.75, 3.05) is 32.5 Å². The Morgan fingerprint density at radius 3 is 2.90 bits per heavy atom. The molecule has 1 unspecified atom stereocenters. The topological polar surface area (TPSA) is 87.1 Å². The van der Waals surface area contributed by atoms with E-state index in [4.69, 9.17) is 4.98 Å². The first-order chi connectivity index (χ1) is 14.0. The lowest BCUT2D eigenvalue weighted by atomic mass is 10.0. The second-order valence-corrected chi connectivity index (χ2v) is 8.50. The van der Waals surface area contributed by atoms with E-state index in [0.29, 0.717) is 16.8 Å². The number of carbonyl (C=O) groups is 1. The first kappa shape index (κ1) is 21.3. The number of carbonyl (C=O) groups excluding carboxylic acids is 1. The molecule has 8 nitrogen and oxygen atoms in total. The average Bonchev–Trinajstić information content (AvgIpc) is 3.14. The van der Waals surface area contributed by atoms with Crippen LogP contribution in [-0.4, -0.2) is 63.1 Å². The van der Waals surface area contributed by atoms with Crippen molar-refractivity contribution in [3.05, 3.63) is 34.7 Å². The number of anilines is 2. The van der Waals surface area contributed by atoms with Gasteiger partial charge in [-0.2, -0.15) is 0 Å². The van der Waals surface area contributed by atoms with Gasteiger partial charge in [0.05, 0.1) is 6.04 Å². The average molecular weight is 416 g/mol. The number of hydrogen-bond acceptors (Lipinski definition) is 8. The molecule has 9 heteroatoms. The molecule has 1 N–H and O–H groups in total. The summed E-state index contributed by atoms with van der Waals surface area (Å²) >= 11 is 1.52. The summed E-state index contributed by atoms with van der Waals surface area (Å²) in [6.45, 7) is 5.46. The summed E-state index contributed by atoms with van der Waals surface area (Å²) in [7, 11) is 3.96. The number of aromatic nitrogens is 4. The zero-order valence-corrected chi connectivity index (χ0v) is 18.4. The summed E-state index contributed by atoms with van der Waals surface area (Å²) in [5, 5.41) is 13.2. The highest BCUT2D eigenvalue weighted by Gasteiger charge is 2.29. The zero-order valence-electron chi connectivity index (χ0n) is 17.6. The maximum absolute atomic E-state index is 12.8. The fraction of sp³-hybridized carbons (Fsp3) is 0.550. The minimum absolute atomic E-state index is 0.0212. The summed E-state index contributed by atoms with van der Waals surface area (Å²) in [5.74, 6) is 1.39. The highest BCUT2D eigenvalue weighted by molar-refractivity contribution is 7.15. The number of aryl methyl sites for hydroxylation is 2. The van der Waals surface area contributed by atoms with Gasteiger partial charge in [-0.1, -0.05) is 24.3 Å². The highest BCUT2D eigenvalue weighted by Crippen LogP contribution is 2.30.